The lowest BCUT2D eigenvalue weighted by Crippen LogP contribution is -2.44. The molecule has 1 aromatic heterocycles. The number of rotatable bonds is 2. The summed E-state index contributed by atoms with van der Waals surface area (Å²) in [6.07, 6.45) is 1.64. The number of likely N-dealkylation sites (tertiary alicyclic amines) is 1. The highest BCUT2D eigenvalue weighted by molar-refractivity contribution is 9.10. The quantitative estimate of drug-likeness (QED) is 0.788. The zero-order valence-corrected chi connectivity index (χ0v) is 14.4. The standard InChI is InChI=1S/C14H20BrNO3S/c1-14(2,3)19-13(17)16-6-4-11(5-7-16)18-12-8-10(15)9-20-12/h8-9,11H,4-7H2,1-3H3. The van der Waals surface area contributed by atoms with Crippen LogP contribution in [0.3, 0.4) is 0 Å². The first kappa shape index (κ1) is 15.6. The molecule has 0 spiro atoms. The zero-order chi connectivity index (χ0) is 14.8. The van der Waals surface area contributed by atoms with Crippen LogP contribution < -0.4 is 4.74 Å². The molecule has 0 N–H and O–H groups in total. The summed E-state index contributed by atoms with van der Waals surface area (Å²) < 4.78 is 12.3. The van der Waals surface area contributed by atoms with E-state index in [2.05, 4.69) is 15.9 Å². The molecule has 0 bridgehead atoms. The van der Waals surface area contributed by atoms with Gasteiger partial charge in [-0.2, -0.15) is 0 Å². The van der Waals surface area contributed by atoms with Crippen LogP contribution in [0.2, 0.25) is 0 Å². The van der Waals surface area contributed by atoms with Crippen molar-refractivity contribution in [2.24, 2.45) is 0 Å². The Morgan fingerprint density at radius 1 is 1.40 bits per heavy atom. The van der Waals surface area contributed by atoms with Gasteiger partial charge in [0.15, 0.2) is 5.06 Å². The van der Waals surface area contributed by atoms with Gasteiger partial charge in [-0.3, -0.25) is 0 Å². The normalized spacial score (nSPS) is 17.1. The number of nitrogens with zero attached hydrogens (tertiary/aromatic N) is 1. The summed E-state index contributed by atoms with van der Waals surface area (Å²) in [6.45, 7) is 7.03. The van der Waals surface area contributed by atoms with E-state index in [1.54, 1.807) is 16.2 Å². The Morgan fingerprint density at radius 3 is 2.55 bits per heavy atom. The highest BCUT2D eigenvalue weighted by atomic mass is 79.9. The lowest BCUT2D eigenvalue weighted by molar-refractivity contribution is 0.0129. The van der Waals surface area contributed by atoms with Crippen LogP contribution in [-0.4, -0.2) is 35.8 Å². The number of hydrogen-bond acceptors (Lipinski definition) is 4. The molecule has 1 aliphatic heterocycles. The van der Waals surface area contributed by atoms with E-state index in [9.17, 15) is 4.79 Å². The third kappa shape index (κ3) is 4.66. The van der Waals surface area contributed by atoms with Gasteiger partial charge < -0.3 is 14.4 Å². The van der Waals surface area contributed by atoms with Crippen LogP contribution in [0.5, 0.6) is 5.06 Å². The second-order valence-corrected chi connectivity index (χ2v) is 7.66. The van der Waals surface area contributed by atoms with Crippen LogP contribution >= 0.6 is 27.3 Å². The largest absolute Gasteiger partial charge is 0.481 e. The molecule has 4 nitrogen and oxygen atoms in total. The average molecular weight is 362 g/mol. The lowest BCUT2D eigenvalue weighted by atomic mass is 10.1. The van der Waals surface area contributed by atoms with E-state index in [0.29, 0.717) is 13.1 Å². The van der Waals surface area contributed by atoms with E-state index in [-0.39, 0.29) is 12.2 Å². The summed E-state index contributed by atoms with van der Waals surface area (Å²) in [5.74, 6) is 0. The van der Waals surface area contributed by atoms with Gasteiger partial charge in [0.05, 0.1) is 0 Å². The third-order valence-corrected chi connectivity index (χ3v) is 4.50. The number of ether oxygens (including phenoxy) is 2. The van der Waals surface area contributed by atoms with Gasteiger partial charge in [-0.25, -0.2) is 4.79 Å². The van der Waals surface area contributed by atoms with Crippen molar-refractivity contribution in [3.05, 3.63) is 15.9 Å². The molecule has 0 aliphatic carbocycles. The Labute approximate surface area is 132 Å². The van der Waals surface area contributed by atoms with E-state index in [1.807, 2.05) is 32.2 Å². The highest BCUT2D eigenvalue weighted by Gasteiger charge is 2.27. The molecule has 1 fully saturated rings. The minimum atomic E-state index is -0.437. The molecule has 6 heteroatoms. The fourth-order valence-corrected chi connectivity index (χ4v) is 3.33. The van der Waals surface area contributed by atoms with Gasteiger partial charge in [-0.1, -0.05) is 0 Å². The van der Waals surface area contributed by atoms with Crippen molar-refractivity contribution in [3.8, 4) is 5.06 Å². The first-order valence-corrected chi connectivity index (χ1v) is 8.39. The Morgan fingerprint density at radius 2 is 2.05 bits per heavy atom. The van der Waals surface area contributed by atoms with E-state index in [0.717, 1.165) is 22.4 Å². The van der Waals surface area contributed by atoms with Gasteiger partial charge >= 0.3 is 6.09 Å². The zero-order valence-electron chi connectivity index (χ0n) is 12.0. The maximum atomic E-state index is 11.9. The number of carbonyl (C=O) groups is 1. The molecule has 2 heterocycles. The first-order chi connectivity index (χ1) is 9.33. The fourth-order valence-electron chi connectivity index (χ4n) is 2.00. The number of piperidine rings is 1. The monoisotopic (exact) mass is 361 g/mol. The van der Waals surface area contributed by atoms with Gasteiger partial charge in [0.25, 0.3) is 0 Å². The van der Waals surface area contributed by atoms with Gasteiger partial charge in [-0.15, -0.1) is 11.3 Å². The van der Waals surface area contributed by atoms with Gasteiger partial charge in [0.1, 0.15) is 11.7 Å². The van der Waals surface area contributed by atoms with Crippen LogP contribution in [0.4, 0.5) is 4.79 Å². The topological polar surface area (TPSA) is 38.8 Å². The molecule has 1 amide bonds. The van der Waals surface area contributed by atoms with E-state index in [4.69, 9.17) is 9.47 Å². The maximum Gasteiger partial charge on any atom is 0.410 e. The van der Waals surface area contributed by atoms with Gasteiger partial charge in [0.2, 0.25) is 0 Å². The van der Waals surface area contributed by atoms with Crippen LogP contribution in [-0.2, 0) is 4.74 Å². The second-order valence-electron chi connectivity index (χ2n) is 5.87. The van der Waals surface area contributed by atoms with Gasteiger partial charge in [-0.05, 0) is 36.7 Å². The van der Waals surface area contributed by atoms with Crippen molar-refractivity contribution in [1.82, 2.24) is 4.90 Å². The lowest BCUT2D eigenvalue weighted by Gasteiger charge is -2.33. The van der Waals surface area contributed by atoms with Crippen molar-refractivity contribution in [1.29, 1.82) is 0 Å². The molecule has 1 aliphatic rings. The summed E-state index contributed by atoms with van der Waals surface area (Å²) in [6, 6.07) is 1.98. The molecule has 112 valence electrons. The minimum Gasteiger partial charge on any atom is -0.481 e. The van der Waals surface area contributed by atoms with Crippen molar-refractivity contribution in [3.63, 3.8) is 0 Å². The summed E-state index contributed by atoms with van der Waals surface area (Å²) in [7, 11) is 0. The third-order valence-electron chi connectivity index (χ3n) is 2.92. The maximum absolute atomic E-state index is 11.9. The summed E-state index contributed by atoms with van der Waals surface area (Å²) in [5.41, 5.74) is -0.437. The average Bonchev–Trinajstić information content (AvgIpc) is 2.73. The van der Waals surface area contributed by atoms with Crippen molar-refractivity contribution in [2.45, 2.75) is 45.3 Å². The van der Waals surface area contributed by atoms with Crippen LogP contribution in [0.25, 0.3) is 0 Å². The SMILES string of the molecule is CC(C)(C)OC(=O)N1CCC(Oc2cc(Br)cs2)CC1. The predicted molar refractivity (Wildman–Crippen MR) is 83.5 cm³/mol. The highest BCUT2D eigenvalue weighted by Crippen LogP contribution is 2.29. The van der Waals surface area contributed by atoms with Crippen molar-refractivity contribution < 1.29 is 14.3 Å². The molecule has 0 aromatic carbocycles. The molecular formula is C14H20BrNO3S. The smallest absolute Gasteiger partial charge is 0.410 e. The number of halogens is 1. The second kappa shape index (κ2) is 6.35. The Bertz CT molecular complexity index is 461. The van der Waals surface area contributed by atoms with E-state index < -0.39 is 5.60 Å². The molecule has 2 rings (SSSR count). The molecule has 0 radical (unpaired) electrons. The number of amides is 1. The molecule has 1 aromatic rings. The summed E-state index contributed by atoms with van der Waals surface area (Å²) in [4.78, 5) is 13.7. The number of thiophene rings is 1. The molecule has 0 atom stereocenters. The molecule has 1 saturated heterocycles. The predicted octanol–water partition coefficient (Wildman–Crippen LogP) is 4.29. The number of hydrogen-bond donors (Lipinski definition) is 0. The van der Waals surface area contributed by atoms with Crippen LogP contribution in [0.1, 0.15) is 33.6 Å². The minimum absolute atomic E-state index is 0.180. The van der Waals surface area contributed by atoms with E-state index >= 15 is 0 Å². The van der Waals surface area contributed by atoms with Gasteiger partial charge in [0, 0.05) is 41.9 Å². The molecule has 0 unspecified atom stereocenters. The van der Waals surface area contributed by atoms with Crippen LogP contribution in [0, 0.1) is 0 Å². The summed E-state index contributed by atoms with van der Waals surface area (Å²) in [5, 5.41) is 2.93. The summed E-state index contributed by atoms with van der Waals surface area (Å²) >= 11 is 5.00. The molecular weight excluding hydrogens is 342 g/mol. The fraction of sp³-hybridized carbons (Fsp3) is 0.643. The van der Waals surface area contributed by atoms with Crippen LogP contribution in [0.15, 0.2) is 15.9 Å². The Balaban J connectivity index is 1.79. The Hall–Kier alpha value is -0.750. The molecule has 0 saturated carbocycles. The van der Waals surface area contributed by atoms with Crippen molar-refractivity contribution in [2.75, 3.05) is 13.1 Å². The molecule has 20 heavy (non-hydrogen) atoms. The number of carbonyl (C=O) groups excluding carboxylic acids is 1. The van der Waals surface area contributed by atoms with Crippen molar-refractivity contribution >= 4 is 33.4 Å². The van der Waals surface area contributed by atoms with E-state index in [1.165, 1.54) is 0 Å². The Kier molecular flexibility index (Phi) is 4.96. The first-order valence-electron chi connectivity index (χ1n) is 6.72.